The zero-order chi connectivity index (χ0) is 19.0. The van der Waals surface area contributed by atoms with Crippen LogP contribution in [0.3, 0.4) is 0 Å². The molecule has 7 heteroatoms. The van der Waals surface area contributed by atoms with Crippen molar-refractivity contribution >= 4 is 28.1 Å². The molecule has 136 valence electrons. The number of hydrogen-bond donors (Lipinski definition) is 2. The normalized spacial score (nSPS) is 12.7. The van der Waals surface area contributed by atoms with Gasteiger partial charge in [-0.1, -0.05) is 0 Å². The summed E-state index contributed by atoms with van der Waals surface area (Å²) in [6.45, 7) is 6.79. The van der Waals surface area contributed by atoms with E-state index in [1.807, 2.05) is 14.0 Å². The first-order chi connectivity index (χ1) is 12.3. The molecule has 1 amide bonds. The number of amides is 1. The summed E-state index contributed by atoms with van der Waals surface area (Å²) in [6, 6.07) is 6.59. The van der Waals surface area contributed by atoms with Gasteiger partial charge in [-0.15, -0.1) is 11.3 Å². The third-order valence-corrected chi connectivity index (χ3v) is 5.49. The van der Waals surface area contributed by atoms with Crippen LogP contribution in [-0.2, 0) is 6.54 Å². The van der Waals surface area contributed by atoms with E-state index < -0.39 is 5.91 Å². The van der Waals surface area contributed by atoms with E-state index >= 15 is 0 Å². The first kappa shape index (κ1) is 18.3. The largest absolute Gasteiger partial charge is 0.366 e. The summed E-state index contributed by atoms with van der Waals surface area (Å²) < 4.78 is 0. The maximum atomic E-state index is 12.5. The molecule has 1 unspecified atom stereocenters. The number of benzene rings is 1. The number of nitrogens with two attached hydrogens (primary N) is 1. The predicted octanol–water partition coefficient (Wildman–Crippen LogP) is 2.89. The van der Waals surface area contributed by atoms with Gasteiger partial charge in [0.15, 0.2) is 5.43 Å². The number of rotatable bonds is 5. The van der Waals surface area contributed by atoms with Crippen molar-refractivity contribution in [2.75, 3.05) is 7.05 Å². The van der Waals surface area contributed by atoms with Crippen LogP contribution in [0, 0.1) is 13.8 Å². The summed E-state index contributed by atoms with van der Waals surface area (Å²) in [5, 5.41) is 1.52. The van der Waals surface area contributed by atoms with Crippen molar-refractivity contribution in [3.05, 3.63) is 61.3 Å². The number of primary amides is 1. The molecule has 2 aromatic heterocycles. The van der Waals surface area contributed by atoms with Gasteiger partial charge in [0.1, 0.15) is 0 Å². The van der Waals surface area contributed by atoms with E-state index in [4.69, 9.17) is 5.73 Å². The number of nitrogens with one attached hydrogen (secondary N) is 1. The van der Waals surface area contributed by atoms with Crippen molar-refractivity contribution < 1.29 is 4.79 Å². The maximum absolute atomic E-state index is 12.5. The van der Waals surface area contributed by atoms with Gasteiger partial charge in [-0.3, -0.25) is 14.5 Å². The molecule has 0 spiro atoms. The molecular formula is C19H22N4O2S. The van der Waals surface area contributed by atoms with Crippen LogP contribution in [-0.4, -0.2) is 27.8 Å². The maximum Gasteiger partial charge on any atom is 0.248 e. The Balaban J connectivity index is 1.88. The van der Waals surface area contributed by atoms with Crippen molar-refractivity contribution in [3.63, 3.8) is 0 Å². The van der Waals surface area contributed by atoms with E-state index in [0.29, 0.717) is 23.0 Å². The quantitative estimate of drug-likeness (QED) is 0.722. The van der Waals surface area contributed by atoms with Gasteiger partial charge in [-0.2, -0.15) is 0 Å². The number of aromatic nitrogens is 2. The lowest BCUT2D eigenvalue weighted by atomic mass is 10.1. The second-order valence-electron chi connectivity index (χ2n) is 6.55. The van der Waals surface area contributed by atoms with Crippen LogP contribution in [0.1, 0.15) is 44.6 Å². The highest BCUT2D eigenvalue weighted by Gasteiger charge is 2.18. The van der Waals surface area contributed by atoms with Gasteiger partial charge in [-0.05, 0) is 46.0 Å². The average Bonchev–Trinajstić information content (AvgIpc) is 2.92. The van der Waals surface area contributed by atoms with Gasteiger partial charge in [0, 0.05) is 39.6 Å². The molecule has 0 fully saturated rings. The first-order valence-corrected chi connectivity index (χ1v) is 9.18. The SMILES string of the molecule is Cc1nc(C(C)N(C)Cc2cc(=O)c3cc(C(N)=O)ccc3[nH]2)c(C)s1. The highest BCUT2D eigenvalue weighted by molar-refractivity contribution is 7.11. The third kappa shape index (κ3) is 3.54. The van der Waals surface area contributed by atoms with Gasteiger partial charge >= 0.3 is 0 Å². The number of aromatic amines is 1. The smallest absolute Gasteiger partial charge is 0.248 e. The molecule has 3 aromatic rings. The Bertz CT molecular complexity index is 1040. The Morgan fingerprint density at radius 1 is 1.35 bits per heavy atom. The number of carbonyl (C=O) groups is 1. The number of aryl methyl sites for hydroxylation is 2. The molecule has 2 heterocycles. The molecule has 3 rings (SSSR count). The van der Waals surface area contributed by atoms with Gasteiger partial charge < -0.3 is 10.7 Å². The number of nitrogens with zero attached hydrogens (tertiary/aromatic N) is 2. The van der Waals surface area contributed by atoms with Crippen LogP contribution in [0.5, 0.6) is 0 Å². The van der Waals surface area contributed by atoms with E-state index in [1.165, 1.54) is 10.9 Å². The molecule has 0 bridgehead atoms. The van der Waals surface area contributed by atoms with Crippen LogP contribution in [0.25, 0.3) is 10.9 Å². The molecule has 0 saturated heterocycles. The number of carbonyl (C=O) groups excluding carboxylic acids is 1. The van der Waals surface area contributed by atoms with Crippen LogP contribution < -0.4 is 11.2 Å². The fourth-order valence-corrected chi connectivity index (χ4v) is 4.00. The van der Waals surface area contributed by atoms with E-state index in [0.717, 1.165) is 16.4 Å². The third-order valence-electron chi connectivity index (χ3n) is 4.59. The fraction of sp³-hybridized carbons (Fsp3) is 0.316. The molecule has 3 N–H and O–H groups in total. The summed E-state index contributed by atoms with van der Waals surface area (Å²) in [4.78, 5) is 35.0. The summed E-state index contributed by atoms with van der Waals surface area (Å²) in [6.07, 6.45) is 0. The molecule has 26 heavy (non-hydrogen) atoms. The van der Waals surface area contributed by atoms with Crippen molar-refractivity contribution in [1.82, 2.24) is 14.9 Å². The monoisotopic (exact) mass is 370 g/mol. The molecular weight excluding hydrogens is 348 g/mol. The van der Waals surface area contributed by atoms with Crippen LogP contribution in [0.15, 0.2) is 29.1 Å². The molecule has 6 nitrogen and oxygen atoms in total. The topological polar surface area (TPSA) is 92.1 Å². The van der Waals surface area contributed by atoms with E-state index in [-0.39, 0.29) is 11.5 Å². The molecule has 0 aliphatic rings. The second-order valence-corrected chi connectivity index (χ2v) is 7.96. The van der Waals surface area contributed by atoms with E-state index in [1.54, 1.807) is 29.5 Å². The molecule has 0 saturated carbocycles. The first-order valence-electron chi connectivity index (χ1n) is 8.36. The number of pyridine rings is 1. The highest BCUT2D eigenvalue weighted by Crippen LogP contribution is 2.26. The predicted molar refractivity (Wildman–Crippen MR) is 105 cm³/mol. The Morgan fingerprint density at radius 2 is 2.08 bits per heavy atom. The van der Waals surface area contributed by atoms with Gasteiger partial charge in [-0.25, -0.2) is 4.98 Å². The van der Waals surface area contributed by atoms with Gasteiger partial charge in [0.2, 0.25) is 5.91 Å². The summed E-state index contributed by atoms with van der Waals surface area (Å²) >= 11 is 1.70. The number of H-pyrrole nitrogens is 1. The summed E-state index contributed by atoms with van der Waals surface area (Å²) in [5.74, 6) is -0.544. The second kappa shape index (κ2) is 7.01. The van der Waals surface area contributed by atoms with Crippen LogP contribution in [0.2, 0.25) is 0 Å². The lowest BCUT2D eigenvalue weighted by molar-refractivity contribution is 0.100. The molecule has 0 radical (unpaired) electrons. The van der Waals surface area contributed by atoms with Crippen LogP contribution >= 0.6 is 11.3 Å². The Labute approximate surface area is 155 Å². The molecule has 1 aromatic carbocycles. The van der Waals surface area contributed by atoms with Crippen molar-refractivity contribution in [2.45, 2.75) is 33.4 Å². The summed E-state index contributed by atoms with van der Waals surface area (Å²) in [7, 11) is 2.01. The zero-order valence-corrected chi connectivity index (χ0v) is 16.1. The van der Waals surface area contributed by atoms with Crippen LogP contribution in [0.4, 0.5) is 0 Å². The highest BCUT2D eigenvalue weighted by atomic mass is 32.1. The average molecular weight is 370 g/mol. The molecule has 0 aliphatic carbocycles. The molecule has 0 aliphatic heterocycles. The van der Waals surface area contributed by atoms with Crippen molar-refractivity contribution in [1.29, 1.82) is 0 Å². The van der Waals surface area contributed by atoms with E-state index in [2.05, 4.69) is 28.7 Å². The van der Waals surface area contributed by atoms with Crippen molar-refractivity contribution in [3.8, 4) is 0 Å². The lowest BCUT2D eigenvalue weighted by Gasteiger charge is -2.24. The Morgan fingerprint density at radius 3 is 2.69 bits per heavy atom. The minimum absolute atomic E-state index is 0.126. The number of thiazole rings is 1. The number of fused-ring (bicyclic) bond motifs is 1. The fourth-order valence-electron chi connectivity index (χ4n) is 3.09. The van der Waals surface area contributed by atoms with Crippen molar-refractivity contribution in [2.24, 2.45) is 5.73 Å². The van der Waals surface area contributed by atoms with E-state index in [9.17, 15) is 9.59 Å². The lowest BCUT2D eigenvalue weighted by Crippen LogP contribution is -2.24. The summed E-state index contributed by atoms with van der Waals surface area (Å²) in [5.41, 5.74) is 8.07. The number of hydrogen-bond acceptors (Lipinski definition) is 5. The Hall–Kier alpha value is -2.51. The zero-order valence-electron chi connectivity index (χ0n) is 15.3. The minimum Gasteiger partial charge on any atom is -0.366 e. The minimum atomic E-state index is -0.544. The standard InChI is InChI=1S/C19H22N4O2S/c1-10(18-11(2)26-12(3)21-18)23(4)9-14-8-17(24)15-7-13(19(20)25)5-6-16(15)22-14/h5-8,10H,9H2,1-4H3,(H2,20,25)(H,22,24). The van der Waals surface area contributed by atoms with Gasteiger partial charge in [0.05, 0.1) is 16.7 Å². The van der Waals surface area contributed by atoms with Gasteiger partial charge in [0.25, 0.3) is 0 Å². The Kier molecular flexibility index (Phi) is 4.93. The molecule has 1 atom stereocenters.